The Morgan fingerprint density at radius 2 is 2.12 bits per heavy atom. The number of aliphatic hydroxyl groups excluding tert-OH is 1. The molecular formula is C10H18N2O5. The molecule has 2 amide bonds. The Morgan fingerprint density at radius 1 is 1.47 bits per heavy atom. The fourth-order valence-corrected chi connectivity index (χ4v) is 1.44. The van der Waals surface area contributed by atoms with E-state index < -0.39 is 17.9 Å². The highest BCUT2D eigenvalue weighted by molar-refractivity contribution is 5.98. The van der Waals surface area contributed by atoms with Crippen LogP contribution in [0.4, 0.5) is 0 Å². The SMILES string of the molecule is COCCNCC(O)CN1C(=O)COCC1=O. The molecular weight excluding hydrogens is 228 g/mol. The zero-order valence-electron chi connectivity index (χ0n) is 9.85. The van der Waals surface area contributed by atoms with Gasteiger partial charge in [0.2, 0.25) is 0 Å². The van der Waals surface area contributed by atoms with Crippen LogP contribution >= 0.6 is 0 Å². The molecule has 2 N–H and O–H groups in total. The third kappa shape index (κ3) is 4.78. The Labute approximate surface area is 99.7 Å². The summed E-state index contributed by atoms with van der Waals surface area (Å²) in [5.41, 5.74) is 0. The van der Waals surface area contributed by atoms with Crippen LogP contribution in [0.5, 0.6) is 0 Å². The van der Waals surface area contributed by atoms with Crippen LogP contribution in [0.15, 0.2) is 0 Å². The highest BCUT2D eigenvalue weighted by Crippen LogP contribution is 2.01. The summed E-state index contributed by atoms with van der Waals surface area (Å²) >= 11 is 0. The number of rotatable bonds is 7. The van der Waals surface area contributed by atoms with Gasteiger partial charge in [-0.2, -0.15) is 0 Å². The van der Waals surface area contributed by atoms with Crippen molar-refractivity contribution in [3.05, 3.63) is 0 Å². The van der Waals surface area contributed by atoms with Crippen molar-refractivity contribution in [3.8, 4) is 0 Å². The van der Waals surface area contributed by atoms with Gasteiger partial charge in [0.05, 0.1) is 19.3 Å². The summed E-state index contributed by atoms with van der Waals surface area (Å²) in [6.45, 7) is 1.26. The number of nitrogens with one attached hydrogen (secondary N) is 1. The van der Waals surface area contributed by atoms with Crippen molar-refractivity contribution in [2.24, 2.45) is 0 Å². The molecule has 17 heavy (non-hydrogen) atoms. The molecule has 1 unspecified atom stereocenters. The minimum absolute atomic E-state index is 0.00100. The summed E-state index contributed by atoms with van der Waals surface area (Å²) in [5.74, 6) is -0.811. The lowest BCUT2D eigenvalue weighted by atomic mass is 10.3. The van der Waals surface area contributed by atoms with Crippen LogP contribution in [-0.2, 0) is 19.1 Å². The predicted octanol–water partition coefficient (Wildman–Crippen LogP) is -2.03. The summed E-state index contributed by atoms with van der Waals surface area (Å²) in [4.78, 5) is 23.7. The number of aliphatic hydroxyl groups is 1. The predicted molar refractivity (Wildman–Crippen MR) is 58.3 cm³/mol. The number of morpholine rings is 1. The fourth-order valence-electron chi connectivity index (χ4n) is 1.44. The van der Waals surface area contributed by atoms with E-state index in [9.17, 15) is 14.7 Å². The normalized spacial score (nSPS) is 18.6. The Morgan fingerprint density at radius 3 is 2.71 bits per heavy atom. The third-order valence-electron chi connectivity index (χ3n) is 2.31. The lowest BCUT2D eigenvalue weighted by Crippen LogP contribution is -2.50. The minimum Gasteiger partial charge on any atom is -0.390 e. The van der Waals surface area contributed by atoms with Crippen LogP contribution < -0.4 is 5.32 Å². The van der Waals surface area contributed by atoms with Crippen LogP contribution in [0.1, 0.15) is 0 Å². The maximum atomic E-state index is 11.3. The van der Waals surface area contributed by atoms with E-state index in [1.165, 1.54) is 0 Å². The molecule has 1 heterocycles. The minimum atomic E-state index is -0.780. The highest BCUT2D eigenvalue weighted by Gasteiger charge is 2.28. The van der Waals surface area contributed by atoms with Gasteiger partial charge in [-0.1, -0.05) is 0 Å². The van der Waals surface area contributed by atoms with Crippen LogP contribution in [0.3, 0.4) is 0 Å². The number of β-amino-alcohol motifs (C(OH)–C–C–N with tert-alkyl or cyclic N) is 1. The van der Waals surface area contributed by atoms with Gasteiger partial charge in [0, 0.05) is 20.2 Å². The van der Waals surface area contributed by atoms with E-state index in [0.29, 0.717) is 19.7 Å². The van der Waals surface area contributed by atoms with E-state index in [2.05, 4.69) is 5.32 Å². The van der Waals surface area contributed by atoms with E-state index in [0.717, 1.165) is 4.90 Å². The molecule has 0 aromatic heterocycles. The number of carbonyl (C=O) groups is 2. The molecule has 0 aliphatic carbocycles. The average molecular weight is 246 g/mol. The molecule has 1 saturated heterocycles. The van der Waals surface area contributed by atoms with E-state index >= 15 is 0 Å². The smallest absolute Gasteiger partial charge is 0.255 e. The van der Waals surface area contributed by atoms with Gasteiger partial charge in [-0.05, 0) is 0 Å². The van der Waals surface area contributed by atoms with E-state index in [1.807, 2.05) is 0 Å². The summed E-state index contributed by atoms with van der Waals surface area (Å²) in [6, 6.07) is 0. The molecule has 1 rings (SSSR count). The number of nitrogens with zero attached hydrogens (tertiary/aromatic N) is 1. The standard InChI is InChI=1S/C10H18N2O5/c1-16-3-2-11-4-8(13)5-12-9(14)6-17-7-10(12)15/h8,11,13H,2-7H2,1H3. The second-order valence-electron chi connectivity index (χ2n) is 3.74. The van der Waals surface area contributed by atoms with E-state index in [1.54, 1.807) is 7.11 Å². The lowest BCUT2D eigenvalue weighted by molar-refractivity contribution is -0.160. The van der Waals surface area contributed by atoms with Gasteiger partial charge >= 0.3 is 0 Å². The van der Waals surface area contributed by atoms with Gasteiger partial charge in [0.25, 0.3) is 11.8 Å². The maximum absolute atomic E-state index is 11.3. The quantitative estimate of drug-likeness (QED) is 0.398. The number of hydrogen-bond donors (Lipinski definition) is 2. The molecule has 1 fully saturated rings. The first-order valence-corrected chi connectivity index (χ1v) is 5.43. The first-order chi connectivity index (χ1) is 8.15. The molecule has 7 nitrogen and oxygen atoms in total. The highest BCUT2D eigenvalue weighted by atomic mass is 16.5. The van der Waals surface area contributed by atoms with Crippen molar-refractivity contribution in [2.45, 2.75) is 6.10 Å². The molecule has 1 aliphatic rings. The molecule has 1 aliphatic heterocycles. The molecule has 0 aromatic carbocycles. The topological polar surface area (TPSA) is 88.1 Å². The molecule has 0 radical (unpaired) electrons. The van der Waals surface area contributed by atoms with Crippen LogP contribution in [0.2, 0.25) is 0 Å². The van der Waals surface area contributed by atoms with Gasteiger partial charge in [-0.25, -0.2) is 0 Å². The average Bonchev–Trinajstić information content (AvgIpc) is 2.30. The zero-order chi connectivity index (χ0) is 12.7. The summed E-state index contributed by atoms with van der Waals surface area (Å²) in [5, 5.41) is 12.6. The van der Waals surface area contributed by atoms with E-state index in [4.69, 9.17) is 9.47 Å². The molecule has 7 heteroatoms. The van der Waals surface area contributed by atoms with Gasteiger partial charge in [-0.15, -0.1) is 0 Å². The van der Waals surface area contributed by atoms with Crippen molar-refractivity contribution in [1.82, 2.24) is 10.2 Å². The van der Waals surface area contributed by atoms with Crippen molar-refractivity contribution >= 4 is 11.8 Å². The molecule has 1 atom stereocenters. The Kier molecular flexibility index (Phi) is 6.06. The second-order valence-corrected chi connectivity index (χ2v) is 3.74. The number of amides is 2. The largest absolute Gasteiger partial charge is 0.390 e. The Hall–Kier alpha value is -1.02. The Bertz CT molecular complexity index is 255. The zero-order valence-corrected chi connectivity index (χ0v) is 9.85. The summed E-state index contributed by atoms with van der Waals surface area (Å²) in [6.07, 6.45) is -0.780. The van der Waals surface area contributed by atoms with Crippen molar-refractivity contribution in [2.75, 3.05) is 46.6 Å². The van der Waals surface area contributed by atoms with Crippen molar-refractivity contribution in [1.29, 1.82) is 0 Å². The second kappa shape index (κ2) is 7.33. The van der Waals surface area contributed by atoms with Crippen LogP contribution in [0, 0.1) is 0 Å². The first kappa shape index (κ1) is 14.0. The summed E-state index contributed by atoms with van der Waals surface area (Å²) < 4.78 is 9.59. The molecule has 98 valence electrons. The van der Waals surface area contributed by atoms with Crippen LogP contribution in [0.25, 0.3) is 0 Å². The van der Waals surface area contributed by atoms with Crippen molar-refractivity contribution < 1.29 is 24.2 Å². The maximum Gasteiger partial charge on any atom is 0.255 e. The third-order valence-corrected chi connectivity index (χ3v) is 2.31. The van der Waals surface area contributed by atoms with Gasteiger partial charge in [0.15, 0.2) is 0 Å². The number of carbonyl (C=O) groups excluding carboxylic acids is 2. The number of methoxy groups -OCH3 is 1. The fraction of sp³-hybridized carbons (Fsp3) is 0.800. The molecule has 0 spiro atoms. The van der Waals surface area contributed by atoms with Gasteiger partial charge in [-0.3, -0.25) is 14.5 Å². The van der Waals surface area contributed by atoms with Crippen molar-refractivity contribution in [3.63, 3.8) is 0 Å². The molecule has 0 saturated carbocycles. The van der Waals surface area contributed by atoms with Crippen LogP contribution in [-0.4, -0.2) is 74.5 Å². The molecule has 0 aromatic rings. The molecule has 0 bridgehead atoms. The Balaban J connectivity index is 2.26. The van der Waals surface area contributed by atoms with E-state index in [-0.39, 0.29) is 19.8 Å². The monoisotopic (exact) mass is 246 g/mol. The number of imide groups is 1. The number of ether oxygens (including phenoxy) is 2. The lowest BCUT2D eigenvalue weighted by Gasteiger charge is -2.27. The van der Waals surface area contributed by atoms with Gasteiger partial charge < -0.3 is 19.9 Å². The number of hydrogen-bond acceptors (Lipinski definition) is 6. The summed E-state index contributed by atoms with van der Waals surface area (Å²) in [7, 11) is 1.59. The first-order valence-electron chi connectivity index (χ1n) is 5.43. The van der Waals surface area contributed by atoms with Gasteiger partial charge in [0.1, 0.15) is 13.2 Å².